The minimum absolute atomic E-state index is 0.0153. The van der Waals surface area contributed by atoms with E-state index in [4.69, 9.17) is 5.26 Å². The van der Waals surface area contributed by atoms with Crippen molar-refractivity contribution in [1.29, 1.82) is 5.26 Å². The van der Waals surface area contributed by atoms with Gasteiger partial charge in [0.25, 0.3) is 0 Å². The van der Waals surface area contributed by atoms with Crippen LogP contribution in [0, 0.1) is 17.2 Å². The molecule has 14 heavy (non-hydrogen) atoms. The first-order valence-electron chi connectivity index (χ1n) is 5.00. The van der Waals surface area contributed by atoms with Crippen molar-refractivity contribution >= 4 is 5.91 Å². The molecule has 1 saturated carbocycles. The molecule has 1 unspecified atom stereocenters. The van der Waals surface area contributed by atoms with Gasteiger partial charge in [0.15, 0.2) is 0 Å². The minimum atomic E-state index is -0.207. The Hall–Kier alpha value is -1.08. The van der Waals surface area contributed by atoms with Crippen LogP contribution in [0.1, 0.15) is 19.8 Å². The maximum absolute atomic E-state index is 11.3. The first-order valence-corrected chi connectivity index (χ1v) is 5.00. The lowest BCUT2D eigenvalue weighted by atomic mass is 10.3. The number of rotatable bonds is 5. The van der Waals surface area contributed by atoms with E-state index in [1.165, 1.54) is 12.8 Å². The largest absolute Gasteiger partial charge is 0.355 e. The van der Waals surface area contributed by atoms with Crippen LogP contribution in [0.3, 0.4) is 0 Å². The molecule has 0 heterocycles. The molecule has 1 amide bonds. The molecule has 0 saturated heterocycles. The summed E-state index contributed by atoms with van der Waals surface area (Å²) in [6.07, 6.45) is 2.48. The normalized spacial score (nSPS) is 17.6. The molecule has 1 fully saturated rings. The molecule has 0 aromatic heterocycles. The molecular formula is C10H17N3O. The monoisotopic (exact) mass is 195 g/mol. The summed E-state index contributed by atoms with van der Waals surface area (Å²) in [6.45, 7) is 2.89. The summed E-state index contributed by atoms with van der Waals surface area (Å²) in [5, 5.41) is 11.5. The summed E-state index contributed by atoms with van der Waals surface area (Å²) < 4.78 is 0. The molecule has 0 spiro atoms. The number of amides is 1. The highest BCUT2D eigenvalue weighted by molar-refractivity contribution is 5.78. The van der Waals surface area contributed by atoms with E-state index < -0.39 is 0 Å². The third kappa shape index (κ3) is 3.75. The van der Waals surface area contributed by atoms with Crippen molar-refractivity contribution in [3.63, 3.8) is 0 Å². The van der Waals surface area contributed by atoms with Gasteiger partial charge in [0.1, 0.15) is 0 Å². The predicted octanol–water partition coefficient (Wildman–Crippen LogP) is 0.356. The van der Waals surface area contributed by atoms with Crippen molar-refractivity contribution in [2.45, 2.75) is 25.8 Å². The lowest BCUT2D eigenvalue weighted by Gasteiger charge is -2.17. The van der Waals surface area contributed by atoms with Crippen molar-refractivity contribution in [3.8, 4) is 6.07 Å². The van der Waals surface area contributed by atoms with E-state index in [2.05, 4.69) is 11.4 Å². The van der Waals surface area contributed by atoms with Gasteiger partial charge in [0, 0.05) is 6.54 Å². The van der Waals surface area contributed by atoms with Gasteiger partial charge in [-0.2, -0.15) is 5.26 Å². The standard InChI is InChI=1S/C10H17N3O/c1-8(5-11)13(2)7-10(14)12-6-9-3-4-9/h8-9H,3-4,6-7H2,1-2H3,(H,12,14). The van der Waals surface area contributed by atoms with Crippen molar-refractivity contribution in [1.82, 2.24) is 10.2 Å². The summed E-state index contributed by atoms with van der Waals surface area (Å²) in [4.78, 5) is 13.1. The number of nitrogens with one attached hydrogen (secondary N) is 1. The van der Waals surface area contributed by atoms with E-state index in [1.807, 2.05) is 0 Å². The zero-order chi connectivity index (χ0) is 10.6. The van der Waals surface area contributed by atoms with Gasteiger partial charge >= 0.3 is 0 Å². The molecule has 4 nitrogen and oxygen atoms in total. The maximum atomic E-state index is 11.3. The summed E-state index contributed by atoms with van der Waals surface area (Å²) in [7, 11) is 1.78. The van der Waals surface area contributed by atoms with E-state index in [0.29, 0.717) is 12.5 Å². The fraction of sp³-hybridized carbons (Fsp3) is 0.800. The summed E-state index contributed by atoms with van der Waals surface area (Å²) in [5.41, 5.74) is 0. The lowest BCUT2D eigenvalue weighted by Crippen LogP contribution is -2.39. The van der Waals surface area contributed by atoms with E-state index in [9.17, 15) is 4.79 Å². The van der Waals surface area contributed by atoms with Gasteiger partial charge in [-0.25, -0.2) is 0 Å². The number of nitrogens with zero attached hydrogens (tertiary/aromatic N) is 2. The second-order valence-corrected chi connectivity index (χ2v) is 3.97. The zero-order valence-electron chi connectivity index (χ0n) is 8.79. The van der Waals surface area contributed by atoms with Crippen LogP contribution in [0.2, 0.25) is 0 Å². The second kappa shape index (κ2) is 4.97. The van der Waals surface area contributed by atoms with Gasteiger partial charge in [-0.15, -0.1) is 0 Å². The van der Waals surface area contributed by atoms with Crippen molar-refractivity contribution < 1.29 is 4.79 Å². The van der Waals surface area contributed by atoms with Crippen molar-refractivity contribution in [2.75, 3.05) is 20.1 Å². The van der Waals surface area contributed by atoms with E-state index >= 15 is 0 Å². The Morgan fingerprint density at radius 3 is 2.86 bits per heavy atom. The number of hydrogen-bond donors (Lipinski definition) is 1. The smallest absolute Gasteiger partial charge is 0.234 e. The highest BCUT2D eigenvalue weighted by atomic mass is 16.2. The highest BCUT2D eigenvalue weighted by Crippen LogP contribution is 2.27. The summed E-state index contributed by atoms with van der Waals surface area (Å²) in [5.74, 6) is 0.721. The van der Waals surface area contributed by atoms with Crippen LogP contribution in [0.4, 0.5) is 0 Å². The molecule has 78 valence electrons. The fourth-order valence-corrected chi connectivity index (χ4v) is 1.10. The third-order valence-corrected chi connectivity index (χ3v) is 2.53. The van der Waals surface area contributed by atoms with Crippen LogP contribution in [0.15, 0.2) is 0 Å². The Bertz CT molecular complexity index is 242. The van der Waals surface area contributed by atoms with Crippen molar-refractivity contribution in [2.24, 2.45) is 5.92 Å². The summed E-state index contributed by atoms with van der Waals surface area (Å²) in [6, 6.07) is 1.89. The Morgan fingerprint density at radius 1 is 1.71 bits per heavy atom. The number of carbonyl (C=O) groups is 1. The molecule has 0 radical (unpaired) electrons. The van der Waals surface area contributed by atoms with Gasteiger partial charge in [-0.05, 0) is 32.7 Å². The van der Waals surface area contributed by atoms with Crippen LogP contribution in [0.25, 0.3) is 0 Å². The number of hydrogen-bond acceptors (Lipinski definition) is 3. The molecule has 0 aromatic rings. The first kappa shape index (κ1) is 11.0. The number of likely N-dealkylation sites (N-methyl/N-ethyl adjacent to an activating group) is 1. The second-order valence-electron chi connectivity index (χ2n) is 3.97. The highest BCUT2D eigenvalue weighted by Gasteiger charge is 2.22. The molecule has 1 aliphatic rings. The average molecular weight is 195 g/mol. The lowest BCUT2D eigenvalue weighted by molar-refractivity contribution is -0.122. The molecule has 1 aliphatic carbocycles. The molecule has 0 bridgehead atoms. The molecule has 4 heteroatoms. The van der Waals surface area contributed by atoms with E-state index in [1.54, 1.807) is 18.9 Å². The number of carbonyl (C=O) groups excluding carboxylic acids is 1. The van der Waals surface area contributed by atoms with Crippen LogP contribution in [0.5, 0.6) is 0 Å². The fourth-order valence-electron chi connectivity index (χ4n) is 1.10. The van der Waals surface area contributed by atoms with Crippen LogP contribution in [-0.2, 0) is 4.79 Å². The SMILES string of the molecule is CC(C#N)N(C)CC(=O)NCC1CC1. The molecule has 1 atom stereocenters. The van der Waals surface area contributed by atoms with Crippen LogP contribution >= 0.6 is 0 Å². The Morgan fingerprint density at radius 2 is 2.36 bits per heavy atom. The van der Waals surface area contributed by atoms with Gasteiger partial charge < -0.3 is 5.32 Å². The first-order chi connectivity index (χ1) is 6.63. The third-order valence-electron chi connectivity index (χ3n) is 2.53. The maximum Gasteiger partial charge on any atom is 0.234 e. The molecule has 0 aliphatic heterocycles. The van der Waals surface area contributed by atoms with E-state index in [0.717, 1.165) is 6.54 Å². The Kier molecular flexibility index (Phi) is 3.90. The predicted molar refractivity (Wildman–Crippen MR) is 53.4 cm³/mol. The van der Waals surface area contributed by atoms with E-state index in [-0.39, 0.29) is 11.9 Å². The van der Waals surface area contributed by atoms with Gasteiger partial charge in [0.2, 0.25) is 5.91 Å². The molecule has 1 rings (SSSR count). The van der Waals surface area contributed by atoms with Gasteiger partial charge in [-0.3, -0.25) is 9.69 Å². The van der Waals surface area contributed by atoms with Crippen molar-refractivity contribution in [3.05, 3.63) is 0 Å². The summed E-state index contributed by atoms with van der Waals surface area (Å²) >= 11 is 0. The quantitative estimate of drug-likeness (QED) is 0.689. The van der Waals surface area contributed by atoms with Gasteiger partial charge in [0.05, 0.1) is 18.7 Å². The Balaban J connectivity index is 2.15. The molecule has 1 N–H and O–H groups in total. The Labute approximate surface area is 84.9 Å². The average Bonchev–Trinajstić information content (AvgIpc) is 2.96. The minimum Gasteiger partial charge on any atom is -0.355 e. The number of nitriles is 1. The molecule has 0 aromatic carbocycles. The topological polar surface area (TPSA) is 56.1 Å². The zero-order valence-corrected chi connectivity index (χ0v) is 8.79. The molecular weight excluding hydrogens is 178 g/mol. The van der Waals surface area contributed by atoms with Crippen LogP contribution in [-0.4, -0.2) is 37.0 Å². The van der Waals surface area contributed by atoms with Crippen LogP contribution < -0.4 is 5.32 Å². The van der Waals surface area contributed by atoms with Gasteiger partial charge in [-0.1, -0.05) is 0 Å².